The quantitative estimate of drug-likeness (QED) is 0.409. The van der Waals surface area contributed by atoms with Crippen molar-refractivity contribution < 1.29 is 27.8 Å². The predicted molar refractivity (Wildman–Crippen MR) is 124 cm³/mol. The zero-order valence-corrected chi connectivity index (χ0v) is 19.8. The van der Waals surface area contributed by atoms with Gasteiger partial charge in [-0.1, -0.05) is 6.42 Å². The molecule has 1 fully saturated rings. The van der Waals surface area contributed by atoms with Gasteiger partial charge in [0.2, 0.25) is 5.88 Å². The molecule has 0 radical (unpaired) electrons. The summed E-state index contributed by atoms with van der Waals surface area (Å²) in [5.41, 5.74) is 4.86. The maximum absolute atomic E-state index is 14.3. The van der Waals surface area contributed by atoms with Crippen LogP contribution in [0.15, 0.2) is 12.1 Å². The number of aromatic nitrogens is 1. The highest BCUT2D eigenvalue weighted by Crippen LogP contribution is 2.31. The molecule has 186 valence electrons. The summed E-state index contributed by atoms with van der Waals surface area (Å²) in [6, 6.07) is 1.68. The molecule has 1 saturated heterocycles. The number of hydrogen-bond acceptors (Lipinski definition) is 7. The van der Waals surface area contributed by atoms with Gasteiger partial charge < -0.3 is 25.4 Å². The summed E-state index contributed by atoms with van der Waals surface area (Å²) in [7, 11) is 1.25. The van der Waals surface area contributed by atoms with E-state index in [0.29, 0.717) is 6.54 Å². The number of halogens is 2. The minimum absolute atomic E-state index is 0.0832. The van der Waals surface area contributed by atoms with Gasteiger partial charge in [-0.2, -0.15) is 4.37 Å². The van der Waals surface area contributed by atoms with Crippen LogP contribution in [0.3, 0.4) is 0 Å². The molecule has 1 aliphatic heterocycles. The molecule has 0 unspecified atom stereocenters. The van der Waals surface area contributed by atoms with Crippen LogP contribution >= 0.6 is 11.5 Å². The Morgan fingerprint density at radius 2 is 1.97 bits per heavy atom. The zero-order valence-electron chi connectivity index (χ0n) is 19.0. The number of piperidine rings is 1. The number of amides is 3. The van der Waals surface area contributed by atoms with Gasteiger partial charge in [-0.05, 0) is 69.0 Å². The number of nitrogens with two attached hydrogens (primary N) is 1. The van der Waals surface area contributed by atoms with Crippen LogP contribution in [-0.4, -0.2) is 54.5 Å². The van der Waals surface area contributed by atoms with E-state index >= 15 is 0 Å². The van der Waals surface area contributed by atoms with Crippen LogP contribution in [0.5, 0.6) is 11.6 Å². The summed E-state index contributed by atoms with van der Waals surface area (Å²) in [4.78, 5) is 26.6. The van der Waals surface area contributed by atoms with Crippen molar-refractivity contribution >= 4 is 28.5 Å². The molecule has 34 heavy (non-hydrogen) atoms. The fourth-order valence-electron chi connectivity index (χ4n) is 3.68. The number of urea groups is 1. The van der Waals surface area contributed by atoms with Gasteiger partial charge in [-0.25, -0.2) is 13.6 Å². The zero-order chi connectivity index (χ0) is 24.5. The standard InChI is InChI=1S/C22H29F2N5O4S/c1-32-16-8-7-15(23)14(18(16)24)13-33-20-17(19(25)30)21(34-28-20)27-22(31)26-9-3-6-12-29-10-4-2-5-11-29/h7-8H,2-6,9-13H2,1H3,(H2,25,30)(H2,26,27,31). The third kappa shape index (κ3) is 6.76. The number of primary amides is 1. The minimum atomic E-state index is -0.920. The number of benzene rings is 1. The fourth-order valence-corrected chi connectivity index (χ4v) is 4.41. The lowest BCUT2D eigenvalue weighted by atomic mass is 10.1. The Bertz CT molecular complexity index is 998. The highest BCUT2D eigenvalue weighted by atomic mass is 32.1. The van der Waals surface area contributed by atoms with Crippen LogP contribution in [0.1, 0.15) is 48.0 Å². The van der Waals surface area contributed by atoms with Crippen LogP contribution in [0, 0.1) is 11.6 Å². The van der Waals surface area contributed by atoms with Crippen LogP contribution in [0.25, 0.3) is 0 Å². The molecule has 4 N–H and O–H groups in total. The maximum atomic E-state index is 14.3. The van der Waals surface area contributed by atoms with E-state index in [0.717, 1.165) is 56.1 Å². The lowest BCUT2D eigenvalue weighted by molar-refractivity contribution is 0.0996. The summed E-state index contributed by atoms with van der Waals surface area (Å²) >= 11 is 0.780. The second kappa shape index (κ2) is 12.5. The van der Waals surface area contributed by atoms with Gasteiger partial charge >= 0.3 is 6.03 Å². The highest BCUT2D eigenvalue weighted by molar-refractivity contribution is 7.11. The highest BCUT2D eigenvalue weighted by Gasteiger charge is 2.23. The Morgan fingerprint density at radius 3 is 2.68 bits per heavy atom. The van der Waals surface area contributed by atoms with E-state index in [1.54, 1.807) is 0 Å². The first-order valence-electron chi connectivity index (χ1n) is 11.1. The summed E-state index contributed by atoms with van der Waals surface area (Å²) in [6.07, 6.45) is 5.58. The number of nitrogens with zero attached hydrogens (tertiary/aromatic N) is 2. The number of likely N-dealkylation sites (tertiary alicyclic amines) is 1. The van der Waals surface area contributed by atoms with Crippen LogP contribution in [0.4, 0.5) is 18.6 Å². The average Bonchev–Trinajstić information content (AvgIpc) is 3.22. The third-order valence-electron chi connectivity index (χ3n) is 5.49. The van der Waals surface area contributed by atoms with Crippen LogP contribution < -0.4 is 25.8 Å². The van der Waals surface area contributed by atoms with Crippen molar-refractivity contribution in [2.24, 2.45) is 5.73 Å². The Kier molecular flexibility index (Phi) is 9.40. The SMILES string of the molecule is COc1ccc(F)c(COc2nsc(NC(=O)NCCCCN3CCCCC3)c2C(N)=O)c1F. The number of carbonyl (C=O) groups excluding carboxylic acids is 2. The Hall–Kier alpha value is -2.99. The van der Waals surface area contributed by atoms with E-state index in [4.69, 9.17) is 15.2 Å². The number of anilines is 1. The fraction of sp³-hybridized carbons (Fsp3) is 0.500. The summed E-state index contributed by atoms with van der Waals surface area (Å²) in [5, 5.41) is 5.36. The van der Waals surface area contributed by atoms with Gasteiger partial charge in [0.25, 0.3) is 5.91 Å². The molecular weight excluding hydrogens is 468 g/mol. The summed E-state index contributed by atoms with van der Waals surface area (Å²) in [5.74, 6) is -3.03. The van der Waals surface area contributed by atoms with Gasteiger partial charge in [0, 0.05) is 6.54 Å². The first kappa shape index (κ1) is 25.6. The van der Waals surface area contributed by atoms with E-state index in [1.165, 1.54) is 26.4 Å². The second-order valence-corrected chi connectivity index (χ2v) is 8.65. The molecule has 3 rings (SSSR count). The number of methoxy groups -OCH3 is 1. The van der Waals surface area contributed by atoms with Crippen molar-refractivity contribution in [3.05, 3.63) is 34.9 Å². The smallest absolute Gasteiger partial charge is 0.319 e. The summed E-state index contributed by atoms with van der Waals surface area (Å²) in [6.45, 7) is 3.20. The molecule has 12 heteroatoms. The normalized spacial score (nSPS) is 14.0. The molecule has 1 aromatic heterocycles. The van der Waals surface area contributed by atoms with Crippen molar-refractivity contribution in [1.82, 2.24) is 14.6 Å². The Morgan fingerprint density at radius 1 is 1.21 bits per heavy atom. The molecule has 0 aliphatic carbocycles. The molecule has 2 heterocycles. The molecule has 0 spiro atoms. The number of carbonyl (C=O) groups is 2. The molecule has 3 amide bonds. The van der Waals surface area contributed by atoms with Crippen molar-refractivity contribution in [1.29, 1.82) is 0 Å². The predicted octanol–water partition coefficient (Wildman–Crippen LogP) is 3.50. The Labute approximate surface area is 200 Å². The number of nitrogens with one attached hydrogen (secondary N) is 2. The second-order valence-electron chi connectivity index (χ2n) is 7.88. The van der Waals surface area contributed by atoms with Gasteiger partial charge in [-0.15, -0.1) is 0 Å². The third-order valence-corrected chi connectivity index (χ3v) is 6.24. The molecule has 0 atom stereocenters. The minimum Gasteiger partial charge on any atom is -0.494 e. The number of rotatable bonds is 11. The van der Waals surface area contributed by atoms with Crippen molar-refractivity contribution in [2.45, 2.75) is 38.7 Å². The maximum Gasteiger partial charge on any atom is 0.319 e. The molecule has 1 aromatic carbocycles. The van der Waals surface area contributed by atoms with Crippen LogP contribution in [0.2, 0.25) is 0 Å². The van der Waals surface area contributed by atoms with E-state index < -0.39 is 30.2 Å². The van der Waals surface area contributed by atoms with Crippen molar-refractivity contribution in [2.75, 3.05) is 38.6 Å². The molecule has 0 bridgehead atoms. The summed E-state index contributed by atoms with van der Waals surface area (Å²) < 4.78 is 42.5. The monoisotopic (exact) mass is 497 g/mol. The van der Waals surface area contributed by atoms with Gasteiger partial charge in [0.1, 0.15) is 23.0 Å². The Balaban J connectivity index is 1.52. The van der Waals surface area contributed by atoms with Gasteiger partial charge in [-0.3, -0.25) is 10.1 Å². The number of ether oxygens (including phenoxy) is 2. The van der Waals surface area contributed by atoms with Crippen molar-refractivity contribution in [3.63, 3.8) is 0 Å². The van der Waals surface area contributed by atoms with E-state index in [2.05, 4.69) is 19.9 Å². The lowest BCUT2D eigenvalue weighted by Crippen LogP contribution is -2.32. The van der Waals surface area contributed by atoms with Gasteiger partial charge in [0.15, 0.2) is 11.6 Å². The molecule has 9 nitrogen and oxygen atoms in total. The number of hydrogen-bond donors (Lipinski definition) is 3. The van der Waals surface area contributed by atoms with Crippen molar-refractivity contribution in [3.8, 4) is 11.6 Å². The average molecular weight is 498 g/mol. The molecule has 1 aliphatic rings. The van der Waals surface area contributed by atoms with E-state index in [9.17, 15) is 18.4 Å². The van der Waals surface area contributed by atoms with E-state index in [-0.39, 0.29) is 27.8 Å². The topological polar surface area (TPSA) is 119 Å². The number of unbranched alkanes of at least 4 members (excludes halogenated alkanes) is 1. The molecule has 2 aromatic rings. The first-order valence-corrected chi connectivity index (χ1v) is 11.9. The van der Waals surface area contributed by atoms with Gasteiger partial charge in [0.05, 0.1) is 12.7 Å². The van der Waals surface area contributed by atoms with E-state index in [1.807, 2.05) is 0 Å². The lowest BCUT2D eigenvalue weighted by Gasteiger charge is -2.26. The molecular formula is C22H29F2N5O4S. The first-order chi connectivity index (χ1) is 16.4. The van der Waals surface area contributed by atoms with Crippen LogP contribution in [-0.2, 0) is 6.61 Å². The molecule has 0 saturated carbocycles. The largest absolute Gasteiger partial charge is 0.494 e.